The predicted molar refractivity (Wildman–Crippen MR) is 73.2 cm³/mol. The Labute approximate surface area is 106 Å². The second kappa shape index (κ2) is 5.07. The van der Waals surface area contributed by atoms with Crippen LogP contribution in [0.3, 0.4) is 0 Å². The number of hydrogen-bond acceptors (Lipinski definition) is 4. The molecule has 2 rings (SSSR count). The number of aryl methyl sites for hydroxylation is 1. The fraction of sp³-hybridized carbons (Fsp3) is 0.750. The molecule has 0 radical (unpaired) electrons. The van der Waals surface area contributed by atoms with Crippen LogP contribution in [0.15, 0.2) is 5.38 Å². The minimum atomic E-state index is 0.485. The van der Waals surface area contributed by atoms with Crippen molar-refractivity contribution in [1.29, 1.82) is 0 Å². The smallest absolute Gasteiger partial charge is 0.107 e. The lowest BCUT2D eigenvalue weighted by Crippen LogP contribution is -2.39. The van der Waals surface area contributed by atoms with E-state index in [0.29, 0.717) is 11.5 Å². The Hall–Kier alpha value is -0.0600. The zero-order valence-electron chi connectivity index (χ0n) is 10.2. The number of hydrogen-bond donors (Lipinski definition) is 1. The Morgan fingerprint density at radius 1 is 1.56 bits per heavy atom. The summed E-state index contributed by atoms with van der Waals surface area (Å²) >= 11 is 3.83. The summed E-state index contributed by atoms with van der Waals surface area (Å²) in [5.41, 5.74) is 1.62. The van der Waals surface area contributed by atoms with Crippen molar-refractivity contribution >= 4 is 23.1 Å². The Morgan fingerprint density at radius 3 is 3.00 bits per heavy atom. The third kappa shape index (κ3) is 3.47. The van der Waals surface area contributed by atoms with E-state index in [1.165, 1.54) is 22.9 Å². The van der Waals surface area contributed by atoms with Gasteiger partial charge in [-0.15, -0.1) is 11.3 Å². The van der Waals surface area contributed by atoms with Crippen LogP contribution in [-0.2, 0) is 6.54 Å². The van der Waals surface area contributed by atoms with E-state index in [-0.39, 0.29) is 0 Å². The molecule has 0 aromatic carbocycles. The summed E-state index contributed by atoms with van der Waals surface area (Å²) < 4.78 is 0. The van der Waals surface area contributed by atoms with Crippen LogP contribution in [-0.4, -0.2) is 22.5 Å². The standard InChI is InChI=1S/C12H20N2S2/c1-9-6-16-11(14-9)5-13-10-4-12(2,3)8-15-7-10/h6,10,13H,4-5,7-8H2,1-3H3. The zero-order chi connectivity index (χ0) is 11.6. The maximum Gasteiger partial charge on any atom is 0.107 e. The van der Waals surface area contributed by atoms with Crippen molar-refractivity contribution in [3.05, 3.63) is 16.1 Å². The minimum Gasteiger partial charge on any atom is -0.307 e. The third-order valence-corrected chi connectivity index (χ3v) is 5.41. The molecule has 0 spiro atoms. The maximum atomic E-state index is 4.48. The molecule has 1 aromatic rings. The quantitative estimate of drug-likeness (QED) is 0.899. The van der Waals surface area contributed by atoms with E-state index in [4.69, 9.17) is 0 Å². The summed E-state index contributed by atoms with van der Waals surface area (Å²) in [6.45, 7) is 7.71. The molecule has 16 heavy (non-hydrogen) atoms. The molecule has 1 aliphatic rings. The summed E-state index contributed by atoms with van der Waals surface area (Å²) in [4.78, 5) is 4.48. The van der Waals surface area contributed by atoms with Crippen LogP contribution in [0, 0.1) is 12.3 Å². The SMILES string of the molecule is Cc1csc(CNC2CSCC(C)(C)C2)n1. The van der Waals surface area contributed by atoms with E-state index < -0.39 is 0 Å². The van der Waals surface area contributed by atoms with Crippen molar-refractivity contribution in [3.63, 3.8) is 0 Å². The highest BCUT2D eigenvalue weighted by Crippen LogP contribution is 2.33. The molecule has 0 aliphatic carbocycles. The molecule has 0 saturated carbocycles. The molecule has 2 nitrogen and oxygen atoms in total. The van der Waals surface area contributed by atoms with Gasteiger partial charge in [-0.05, 0) is 24.5 Å². The largest absolute Gasteiger partial charge is 0.307 e. The van der Waals surface area contributed by atoms with Gasteiger partial charge in [-0.3, -0.25) is 0 Å². The van der Waals surface area contributed by atoms with Crippen LogP contribution in [0.25, 0.3) is 0 Å². The van der Waals surface area contributed by atoms with Crippen LogP contribution in [0.1, 0.15) is 31.0 Å². The highest BCUT2D eigenvalue weighted by atomic mass is 32.2. The van der Waals surface area contributed by atoms with Gasteiger partial charge in [0.05, 0.1) is 0 Å². The number of nitrogens with zero attached hydrogens (tertiary/aromatic N) is 1. The highest BCUT2D eigenvalue weighted by molar-refractivity contribution is 7.99. The molecule has 1 atom stereocenters. The highest BCUT2D eigenvalue weighted by Gasteiger charge is 2.28. The van der Waals surface area contributed by atoms with E-state index in [2.05, 4.69) is 48.2 Å². The Morgan fingerprint density at radius 2 is 2.38 bits per heavy atom. The van der Waals surface area contributed by atoms with Crippen molar-refractivity contribution in [2.75, 3.05) is 11.5 Å². The number of nitrogens with one attached hydrogen (secondary N) is 1. The summed E-state index contributed by atoms with van der Waals surface area (Å²) in [5.74, 6) is 2.54. The van der Waals surface area contributed by atoms with Gasteiger partial charge in [0, 0.05) is 29.4 Å². The lowest BCUT2D eigenvalue weighted by molar-refractivity contribution is 0.317. The van der Waals surface area contributed by atoms with Crippen molar-refractivity contribution < 1.29 is 0 Å². The normalized spacial score (nSPS) is 24.6. The molecule has 90 valence electrons. The lowest BCUT2D eigenvalue weighted by atomic mass is 9.88. The van der Waals surface area contributed by atoms with Crippen LogP contribution in [0.5, 0.6) is 0 Å². The molecule has 2 heterocycles. The molecule has 0 bridgehead atoms. The number of aromatic nitrogens is 1. The molecule has 1 aromatic heterocycles. The Kier molecular flexibility index (Phi) is 3.93. The molecular formula is C12H20N2S2. The first-order chi connectivity index (χ1) is 7.55. The predicted octanol–water partition coefficient (Wildman–Crippen LogP) is 3.07. The van der Waals surface area contributed by atoms with E-state index in [1.54, 1.807) is 11.3 Å². The number of rotatable bonds is 3. The van der Waals surface area contributed by atoms with Crippen LogP contribution in [0.4, 0.5) is 0 Å². The Balaban J connectivity index is 1.82. The van der Waals surface area contributed by atoms with E-state index in [9.17, 15) is 0 Å². The van der Waals surface area contributed by atoms with Crippen molar-refractivity contribution in [2.45, 2.75) is 39.8 Å². The maximum absolute atomic E-state index is 4.48. The van der Waals surface area contributed by atoms with Gasteiger partial charge in [0.2, 0.25) is 0 Å². The van der Waals surface area contributed by atoms with Gasteiger partial charge >= 0.3 is 0 Å². The topological polar surface area (TPSA) is 24.9 Å². The zero-order valence-corrected chi connectivity index (χ0v) is 11.9. The van der Waals surface area contributed by atoms with Gasteiger partial charge in [-0.1, -0.05) is 13.8 Å². The van der Waals surface area contributed by atoms with Crippen LogP contribution < -0.4 is 5.32 Å². The molecular weight excluding hydrogens is 236 g/mol. The second-order valence-electron chi connectivity index (χ2n) is 5.34. The Bertz CT molecular complexity index is 347. The molecule has 1 N–H and O–H groups in total. The molecule has 1 fully saturated rings. The molecule has 1 saturated heterocycles. The van der Waals surface area contributed by atoms with E-state index >= 15 is 0 Å². The first-order valence-electron chi connectivity index (χ1n) is 5.77. The second-order valence-corrected chi connectivity index (χ2v) is 7.32. The van der Waals surface area contributed by atoms with Gasteiger partial charge in [-0.25, -0.2) is 4.98 Å². The van der Waals surface area contributed by atoms with Gasteiger partial charge in [0.25, 0.3) is 0 Å². The summed E-state index contributed by atoms with van der Waals surface area (Å²) in [7, 11) is 0. The van der Waals surface area contributed by atoms with E-state index in [0.717, 1.165) is 12.2 Å². The van der Waals surface area contributed by atoms with Crippen LogP contribution in [0.2, 0.25) is 0 Å². The third-order valence-electron chi connectivity index (χ3n) is 2.82. The van der Waals surface area contributed by atoms with Crippen molar-refractivity contribution in [3.8, 4) is 0 Å². The average molecular weight is 256 g/mol. The summed E-state index contributed by atoms with van der Waals surface area (Å²) in [5, 5.41) is 6.97. The first-order valence-corrected chi connectivity index (χ1v) is 7.81. The molecule has 1 unspecified atom stereocenters. The first kappa shape index (κ1) is 12.4. The lowest BCUT2D eigenvalue weighted by Gasteiger charge is -2.35. The summed E-state index contributed by atoms with van der Waals surface area (Å²) in [6, 6.07) is 0.651. The number of thioether (sulfide) groups is 1. The fourth-order valence-corrected chi connectivity index (χ4v) is 4.14. The average Bonchev–Trinajstić information content (AvgIpc) is 2.60. The monoisotopic (exact) mass is 256 g/mol. The molecule has 1 aliphatic heterocycles. The van der Waals surface area contributed by atoms with Gasteiger partial charge < -0.3 is 5.32 Å². The van der Waals surface area contributed by atoms with Gasteiger partial charge in [0.15, 0.2) is 0 Å². The van der Waals surface area contributed by atoms with Crippen LogP contribution >= 0.6 is 23.1 Å². The molecule has 4 heteroatoms. The van der Waals surface area contributed by atoms with Crippen molar-refractivity contribution in [2.24, 2.45) is 5.41 Å². The number of thiazole rings is 1. The minimum absolute atomic E-state index is 0.485. The summed E-state index contributed by atoms with van der Waals surface area (Å²) in [6.07, 6.45) is 1.28. The van der Waals surface area contributed by atoms with Crippen molar-refractivity contribution in [1.82, 2.24) is 10.3 Å². The van der Waals surface area contributed by atoms with E-state index in [1.807, 2.05) is 0 Å². The fourth-order valence-electron chi connectivity index (χ4n) is 2.11. The van der Waals surface area contributed by atoms with Gasteiger partial charge in [0.1, 0.15) is 5.01 Å². The van der Waals surface area contributed by atoms with Gasteiger partial charge in [-0.2, -0.15) is 11.8 Å². The molecule has 0 amide bonds.